The molecule has 1 aliphatic carbocycles. The van der Waals surface area contributed by atoms with Gasteiger partial charge in [-0.3, -0.25) is 0 Å². The van der Waals surface area contributed by atoms with Crippen LogP contribution in [0.3, 0.4) is 0 Å². The smallest absolute Gasteiger partial charge is 0.0412 e. The van der Waals surface area contributed by atoms with E-state index in [-0.39, 0.29) is 17.9 Å². The van der Waals surface area contributed by atoms with Crippen molar-refractivity contribution in [3.8, 4) is 0 Å². The minimum atomic E-state index is -0.0566. The van der Waals surface area contributed by atoms with Gasteiger partial charge in [-0.25, -0.2) is 0 Å². The zero-order chi connectivity index (χ0) is 10.0. The van der Waals surface area contributed by atoms with Crippen LogP contribution in [0, 0.1) is 5.92 Å². The van der Waals surface area contributed by atoms with Crippen molar-refractivity contribution >= 4 is 12.4 Å². The summed E-state index contributed by atoms with van der Waals surface area (Å²) in [6.45, 7) is 2.31. The molecule has 1 saturated carbocycles. The second-order valence-corrected chi connectivity index (χ2v) is 4.72. The second kappa shape index (κ2) is 5.00. The van der Waals surface area contributed by atoms with Gasteiger partial charge >= 0.3 is 0 Å². The Labute approximate surface area is 98.5 Å². The molecule has 0 heterocycles. The van der Waals surface area contributed by atoms with Crippen molar-refractivity contribution in [3.63, 3.8) is 0 Å². The molecular formula is C13H20ClN. The van der Waals surface area contributed by atoms with Gasteiger partial charge in [-0.15, -0.1) is 12.4 Å². The predicted octanol–water partition coefficient (Wildman–Crippen LogP) is 3.47. The third kappa shape index (κ3) is 2.73. The highest BCUT2D eigenvalue weighted by Crippen LogP contribution is 2.37. The molecule has 0 aromatic heterocycles. The molecule has 15 heavy (non-hydrogen) atoms. The number of hydrogen-bond acceptors (Lipinski definition) is 1. The van der Waals surface area contributed by atoms with E-state index in [1.54, 1.807) is 0 Å². The van der Waals surface area contributed by atoms with Crippen LogP contribution in [0.25, 0.3) is 0 Å². The van der Waals surface area contributed by atoms with Crippen LogP contribution in [0.5, 0.6) is 0 Å². The molecule has 2 heteroatoms. The number of benzene rings is 1. The molecule has 1 nitrogen and oxygen atoms in total. The Bertz CT molecular complexity index is 299. The molecule has 0 bridgehead atoms. The van der Waals surface area contributed by atoms with Gasteiger partial charge in [0.25, 0.3) is 0 Å². The van der Waals surface area contributed by atoms with E-state index in [1.807, 2.05) is 0 Å². The summed E-state index contributed by atoms with van der Waals surface area (Å²) in [5.74, 6) is 0.772. The minimum Gasteiger partial charge on any atom is -0.321 e. The fourth-order valence-corrected chi connectivity index (χ4v) is 2.62. The Morgan fingerprint density at radius 3 is 2.53 bits per heavy atom. The Balaban J connectivity index is 0.00000112. The first-order valence-corrected chi connectivity index (χ1v) is 5.55. The van der Waals surface area contributed by atoms with Gasteiger partial charge in [0, 0.05) is 5.54 Å². The topological polar surface area (TPSA) is 26.0 Å². The highest BCUT2D eigenvalue weighted by atomic mass is 35.5. The van der Waals surface area contributed by atoms with Crippen LogP contribution >= 0.6 is 12.4 Å². The van der Waals surface area contributed by atoms with Crippen molar-refractivity contribution in [3.05, 3.63) is 35.9 Å². The van der Waals surface area contributed by atoms with Crippen LogP contribution in [0.4, 0.5) is 0 Å². The number of hydrogen-bond donors (Lipinski definition) is 1. The highest BCUT2D eigenvalue weighted by Gasteiger charge is 2.32. The molecule has 1 aliphatic rings. The van der Waals surface area contributed by atoms with Gasteiger partial charge in [0.05, 0.1) is 0 Å². The quantitative estimate of drug-likeness (QED) is 0.778. The van der Waals surface area contributed by atoms with Gasteiger partial charge in [0.1, 0.15) is 0 Å². The molecule has 1 aromatic rings. The van der Waals surface area contributed by atoms with Gasteiger partial charge in [0.15, 0.2) is 0 Å². The van der Waals surface area contributed by atoms with Gasteiger partial charge < -0.3 is 5.73 Å². The summed E-state index contributed by atoms with van der Waals surface area (Å²) in [6.07, 6.45) is 4.89. The maximum absolute atomic E-state index is 6.47. The summed E-state index contributed by atoms with van der Waals surface area (Å²) < 4.78 is 0. The van der Waals surface area contributed by atoms with E-state index in [0.29, 0.717) is 0 Å². The van der Waals surface area contributed by atoms with Crippen molar-refractivity contribution < 1.29 is 0 Å². The first kappa shape index (κ1) is 12.5. The largest absolute Gasteiger partial charge is 0.321 e. The third-order valence-electron chi connectivity index (χ3n) is 3.38. The van der Waals surface area contributed by atoms with Gasteiger partial charge in [-0.05, 0) is 24.3 Å². The molecule has 84 valence electrons. The molecule has 2 N–H and O–H groups in total. The molecule has 2 atom stereocenters. The highest BCUT2D eigenvalue weighted by molar-refractivity contribution is 5.85. The summed E-state index contributed by atoms with van der Waals surface area (Å²) in [7, 11) is 0. The fraction of sp³-hybridized carbons (Fsp3) is 0.538. The first-order valence-electron chi connectivity index (χ1n) is 5.55. The molecule has 0 unspecified atom stereocenters. The standard InChI is InChI=1S/C13H19N.ClH/c1-11-6-5-9-13(14,10-11)12-7-3-2-4-8-12;/h2-4,7-8,11H,5-6,9-10,14H2,1H3;1H/t11-,13-;/m0./s1. The Morgan fingerprint density at radius 1 is 1.27 bits per heavy atom. The first-order chi connectivity index (χ1) is 6.71. The number of nitrogens with two attached hydrogens (primary N) is 1. The van der Waals surface area contributed by atoms with E-state index in [1.165, 1.54) is 18.4 Å². The molecular weight excluding hydrogens is 206 g/mol. The molecule has 0 spiro atoms. The van der Waals surface area contributed by atoms with Crippen LogP contribution in [0.2, 0.25) is 0 Å². The van der Waals surface area contributed by atoms with Gasteiger partial charge in [0.2, 0.25) is 0 Å². The monoisotopic (exact) mass is 225 g/mol. The Kier molecular flexibility index (Phi) is 4.18. The number of halogens is 1. The third-order valence-corrected chi connectivity index (χ3v) is 3.38. The molecule has 0 amide bonds. The van der Waals surface area contributed by atoms with Crippen molar-refractivity contribution in [2.75, 3.05) is 0 Å². The van der Waals surface area contributed by atoms with E-state index in [2.05, 4.69) is 37.3 Å². The zero-order valence-electron chi connectivity index (χ0n) is 9.28. The van der Waals surface area contributed by atoms with Crippen LogP contribution < -0.4 is 5.73 Å². The van der Waals surface area contributed by atoms with E-state index < -0.39 is 0 Å². The van der Waals surface area contributed by atoms with Crippen molar-refractivity contribution in [2.24, 2.45) is 11.7 Å². The lowest BCUT2D eigenvalue weighted by Crippen LogP contribution is -2.40. The molecule has 0 aliphatic heterocycles. The lowest BCUT2D eigenvalue weighted by Gasteiger charge is -2.37. The zero-order valence-corrected chi connectivity index (χ0v) is 10.1. The molecule has 2 rings (SSSR count). The van der Waals surface area contributed by atoms with Gasteiger partial charge in [-0.1, -0.05) is 50.1 Å². The summed E-state index contributed by atoms with van der Waals surface area (Å²) in [6, 6.07) is 10.6. The van der Waals surface area contributed by atoms with Crippen molar-refractivity contribution in [1.29, 1.82) is 0 Å². The van der Waals surface area contributed by atoms with E-state index >= 15 is 0 Å². The fourth-order valence-electron chi connectivity index (χ4n) is 2.62. The van der Waals surface area contributed by atoms with Crippen molar-refractivity contribution in [1.82, 2.24) is 0 Å². The SMILES string of the molecule is C[C@H]1CCC[C@@](N)(c2ccccc2)C1.Cl. The summed E-state index contributed by atoms with van der Waals surface area (Å²) in [5.41, 5.74) is 7.73. The molecule has 1 fully saturated rings. The lowest BCUT2D eigenvalue weighted by molar-refractivity contribution is 0.239. The summed E-state index contributed by atoms with van der Waals surface area (Å²) in [5, 5.41) is 0. The van der Waals surface area contributed by atoms with Crippen molar-refractivity contribution in [2.45, 2.75) is 38.1 Å². The average molecular weight is 226 g/mol. The summed E-state index contributed by atoms with van der Waals surface area (Å²) in [4.78, 5) is 0. The Hall–Kier alpha value is -0.530. The molecule has 0 radical (unpaired) electrons. The minimum absolute atomic E-state index is 0. The number of rotatable bonds is 1. The van der Waals surface area contributed by atoms with E-state index in [9.17, 15) is 0 Å². The normalized spacial score (nSPS) is 30.7. The Morgan fingerprint density at radius 2 is 1.93 bits per heavy atom. The predicted molar refractivity (Wildman–Crippen MR) is 67.2 cm³/mol. The maximum atomic E-state index is 6.47. The average Bonchev–Trinajstić information content (AvgIpc) is 2.19. The van der Waals surface area contributed by atoms with Gasteiger partial charge in [-0.2, -0.15) is 0 Å². The van der Waals surface area contributed by atoms with E-state index in [4.69, 9.17) is 5.73 Å². The summed E-state index contributed by atoms with van der Waals surface area (Å²) >= 11 is 0. The lowest BCUT2D eigenvalue weighted by atomic mass is 9.73. The maximum Gasteiger partial charge on any atom is 0.0412 e. The van der Waals surface area contributed by atoms with Crippen LogP contribution in [-0.4, -0.2) is 0 Å². The molecule has 0 saturated heterocycles. The van der Waals surface area contributed by atoms with E-state index in [0.717, 1.165) is 18.8 Å². The molecule has 1 aromatic carbocycles. The van der Waals surface area contributed by atoms with Crippen LogP contribution in [-0.2, 0) is 5.54 Å². The van der Waals surface area contributed by atoms with Crippen LogP contribution in [0.1, 0.15) is 38.2 Å². The van der Waals surface area contributed by atoms with Crippen LogP contribution in [0.15, 0.2) is 30.3 Å². The second-order valence-electron chi connectivity index (χ2n) is 4.72.